The molecule has 0 aliphatic carbocycles. The minimum Gasteiger partial charge on any atom is -0.389 e. The molecule has 64 valence electrons. The van der Waals surface area contributed by atoms with E-state index in [4.69, 9.17) is 4.18 Å². The second-order valence-electron chi connectivity index (χ2n) is 2.70. The molecule has 1 aliphatic rings. The van der Waals surface area contributed by atoms with Crippen LogP contribution < -0.4 is 8.91 Å². The summed E-state index contributed by atoms with van der Waals surface area (Å²) in [5, 5.41) is 0. The van der Waals surface area contributed by atoms with E-state index in [1.54, 1.807) is 0 Å². The van der Waals surface area contributed by atoms with Gasteiger partial charge >= 0.3 is 0 Å². The van der Waals surface area contributed by atoms with Crippen LogP contribution in [0, 0.1) is 0 Å². The van der Waals surface area contributed by atoms with E-state index in [-0.39, 0.29) is 6.04 Å². The summed E-state index contributed by atoms with van der Waals surface area (Å²) in [6.45, 7) is 1.96. The molecule has 2 atom stereocenters. The fraction of sp³-hybridized carbons (Fsp3) is 0.250. The maximum atomic E-state index is 11.0. The van der Waals surface area contributed by atoms with Gasteiger partial charge in [-0.2, -0.15) is 8.93 Å². The monoisotopic (exact) mass is 183 g/mol. The standard InChI is InChI=1S/C8H9NO2S/c1-6-7-4-2-3-5-8(7)11-12(10)9-6/h2-6,9H,1H3/t6?,12-/m0/s1. The number of fused-ring (bicyclic) bond motifs is 1. The van der Waals surface area contributed by atoms with Crippen molar-refractivity contribution in [2.45, 2.75) is 13.0 Å². The maximum absolute atomic E-state index is 11.0. The highest BCUT2D eigenvalue weighted by Crippen LogP contribution is 2.28. The van der Waals surface area contributed by atoms with Crippen LogP contribution in [0.4, 0.5) is 0 Å². The van der Waals surface area contributed by atoms with Gasteiger partial charge in [-0.15, -0.1) is 0 Å². The smallest absolute Gasteiger partial charge is 0.288 e. The third-order valence-electron chi connectivity index (χ3n) is 1.82. The summed E-state index contributed by atoms with van der Waals surface area (Å²) in [5.74, 6) is 0.710. The molecule has 12 heavy (non-hydrogen) atoms. The third-order valence-corrected chi connectivity index (χ3v) is 2.70. The molecule has 0 radical (unpaired) electrons. The minimum atomic E-state index is -1.38. The van der Waals surface area contributed by atoms with Gasteiger partial charge in [0.2, 0.25) is 0 Å². The SMILES string of the molecule is CC1N[S@@](=O)Oc2ccccc21. The first-order valence-electron chi connectivity index (χ1n) is 3.72. The van der Waals surface area contributed by atoms with Crippen LogP contribution in [0.25, 0.3) is 0 Å². The zero-order valence-corrected chi connectivity index (χ0v) is 7.43. The van der Waals surface area contributed by atoms with E-state index in [0.29, 0.717) is 5.75 Å². The summed E-state index contributed by atoms with van der Waals surface area (Å²) in [6.07, 6.45) is 0. The van der Waals surface area contributed by atoms with Crippen LogP contribution in [0.5, 0.6) is 5.75 Å². The quantitative estimate of drug-likeness (QED) is 0.658. The Balaban J connectivity index is 2.47. The maximum Gasteiger partial charge on any atom is 0.288 e. The van der Waals surface area contributed by atoms with Crippen molar-refractivity contribution < 1.29 is 8.39 Å². The van der Waals surface area contributed by atoms with Crippen LogP contribution >= 0.6 is 0 Å². The van der Waals surface area contributed by atoms with Gasteiger partial charge in [-0.3, -0.25) is 0 Å². The molecule has 0 saturated carbocycles. The normalized spacial score (nSPS) is 27.4. The highest BCUT2D eigenvalue weighted by molar-refractivity contribution is 7.78. The molecular weight excluding hydrogens is 174 g/mol. The van der Waals surface area contributed by atoms with Gasteiger partial charge in [0.25, 0.3) is 11.3 Å². The molecule has 2 rings (SSSR count). The van der Waals surface area contributed by atoms with E-state index in [1.807, 2.05) is 31.2 Å². The third kappa shape index (κ3) is 1.23. The second kappa shape index (κ2) is 2.88. The average molecular weight is 183 g/mol. The van der Waals surface area contributed by atoms with Gasteiger partial charge in [-0.25, -0.2) is 0 Å². The Morgan fingerprint density at radius 3 is 3.08 bits per heavy atom. The van der Waals surface area contributed by atoms with Gasteiger partial charge in [-0.05, 0) is 13.0 Å². The van der Waals surface area contributed by atoms with Gasteiger partial charge in [0.1, 0.15) is 5.75 Å². The Bertz CT molecular complexity index is 327. The van der Waals surface area contributed by atoms with Gasteiger partial charge < -0.3 is 4.18 Å². The van der Waals surface area contributed by atoms with E-state index in [0.717, 1.165) is 5.56 Å². The second-order valence-corrected chi connectivity index (χ2v) is 3.57. The Morgan fingerprint density at radius 2 is 2.25 bits per heavy atom. The van der Waals surface area contributed by atoms with Crippen LogP contribution in [-0.4, -0.2) is 4.21 Å². The first kappa shape index (κ1) is 7.76. The summed E-state index contributed by atoms with van der Waals surface area (Å²) in [7, 11) is 0. The molecule has 1 unspecified atom stereocenters. The number of hydrogen-bond donors (Lipinski definition) is 1. The number of benzene rings is 1. The van der Waals surface area contributed by atoms with Crippen LogP contribution in [0.3, 0.4) is 0 Å². The van der Waals surface area contributed by atoms with Crippen LogP contribution in [0.2, 0.25) is 0 Å². The Morgan fingerprint density at radius 1 is 1.50 bits per heavy atom. The van der Waals surface area contributed by atoms with Crippen molar-refractivity contribution in [3.63, 3.8) is 0 Å². The fourth-order valence-corrected chi connectivity index (χ4v) is 2.01. The van der Waals surface area contributed by atoms with Crippen LogP contribution in [0.1, 0.15) is 18.5 Å². The Labute approximate surface area is 73.5 Å². The van der Waals surface area contributed by atoms with Crippen molar-refractivity contribution in [3.05, 3.63) is 29.8 Å². The Hall–Kier alpha value is -0.870. The van der Waals surface area contributed by atoms with E-state index in [2.05, 4.69) is 4.72 Å². The largest absolute Gasteiger partial charge is 0.389 e. The lowest BCUT2D eigenvalue weighted by Crippen LogP contribution is -2.29. The van der Waals surface area contributed by atoms with Crippen molar-refractivity contribution in [2.24, 2.45) is 0 Å². The summed E-state index contributed by atoms with van der Waals surface area (Å²) in [4.78, 5) is 0. The molecule has 1 aliphatic heterocycles. The summed E-state index contributed by atoms with van der Waals surface area (Å²) in [6, 6.07) is 7.69. The van der Waals surface area contributed by atoms with Gasteiger partial charge in [0.15, 0.2) is 0 Å². The molecule has 1 aromatic rings. The topological polar surface area (TPSA) is 38.3 Å². The molecule has 4 heteroatoms. The first-order valence-corrected chi connectivity index (χ1v) is 4.80. The summed E-state index contributed by atoms with van der Waals surface area (Å²) < 4.78 is 18.9. The number of nitrogens with one attached hydrogen (secondary N) is 1. The van der Waals surface area contributed by atoms with Crippen molar-refractivity contribution in [2.75, 3.05) is 0 Å². The molecule has 0 saturated heterocycles. The molecule has 1 heterocycles. The van der Waals surface area contributed by atoms with Crippen molar-refractivity contribution in [1.29, 1.82) is 0 Å². The van der Waals surface area contributed by atoms with Crippen molar-refractivity contribution in [3.8, 4) is 5.75 Å². The Kier molecular flexibility index (Phi) is 1.86. The zero-order chi connectivity index (χ0) is 8.55. The molecule has 3 nitrogen and oxygen atoms in total. The molecule has 0 spiro atoms. The lowest BCUT2D eigenvalue weighted by molar-refractivity contribution is 0.499. The van der Waals surface area contributed by atoms with E-state index < -0.39 is 11.3 Å². The number of hydrogen-bond acceptors (Lipinski definition) is 2. The molecule has 0 bridgehead atoms. The summed E-state index contributed by atoms with van der Waals surface area (Å²) in [5.41, 5.74) is 1.05. The molecule has 0 amide bonds. The number of rotatable bonds is 0. The van der Waals surface area contributed by atoms with Crippen molar-refractivity contribution >= 4 is 11.3 Å². The van der Waals surface area contributed by atoms with E-state index in [9.17, 15) is 4.21 Å². The predicted molar refractivity (Wildman–Crippen MR) is 46.8 cm³/mol. The van der Waals surface area contributed by atoms with Gasteiger partial charge in [0, 0.05) is 11.6 Å². The first-order chi connectivity index (χ1) is 5.77. The van der Waals surface area contributed by atoms with E-state index in [1.165, 1.54) is 0 Å². The van der Waals surface area contributed by atoms with Crippen LogP contribution in [-0.2, 0) is 11.3 Å². The lowest BCUT2D eigenvalue weighted by atomic mass is 10.1. The van der Waals surface area contributed by atoms with E-state index >= 15 is 0 Å². The lowest BCUT2D eigenvalue weighted by Gasteiger charge is -2.21. The predicted octanol–water partition coefficient (Wildman–Crippen LogP) is 1.31. The molecule has 1 aromatic carbocycles. The van der Waals surface area contributed by atoms with Gasteiger partial charge in [0.05, 0.1) is 0 Å². The number of para-hydroxylation sites is 1. The highest BCUT2D eigenvalue weighted by Gasteiger charge is 2.20. The van der Waals surface area contributed by atoms with Crippen LogP contribution in [0.15, 0.2) is 24.3 Å². The zero-order valence-electron chi connectivity index (χ0n) is 6.61. The fourth-order valence-electron chi connectivity index (χ4n) is 1.23. The van der Waals surface area contributed by atoms with Gasteiger partial charge in [-0.1, -0.05) is 18.2 Å². The van der Waals surface area contributed by atoms with Crippen molar-refractivity contribution in [1.82, 2.24) is 4.72 Å². The minimum absolute atomic E-state index is 0.0933. The molecule has 0 fully saturated rings. The molecule has 1 N–H and O–H groups in total. The average Bonchev–Trinajstić information content (AvgIpc) is 2.04. The summed E-state index contributed by atoms with van der Waals surface area (Å²) >= 11 is -1.38. The molecule has 0 aromatic heterocycles. The highest BCUT2D eigenvalue weighted by atomic mass is 32.2. The molecular formula is C8H9NO2S.